The maximum Gasteiger partial charge on any atom is 0.0241 e. The third-order valence-electron chi connectivity index (χ3n) is 4.75. The minimum Gasteiger partial charge on any atom is -0.254 e. The second-order valence-corrected chi connectivity index (χ2v) is 7.34. The number of hydrazine groups is 1. The fraction of sp³-hybridized carbons (Fsp3) is 1.00. The molecule has 1 aliphatic heterocycles. The molecular formula is C15H30N2. The molecule has 0 radical (unpaired) electrons. The number of hydrogen-bond donors (Lipinski definition) is 2. The Morgan fingerprint density at radius 3 is 2.18 bits per heavy atom. The molecule has 2 bridgehead atoms. The minimum atomic E-state index is 0.468. The molecule has 2 N–H and O–H groups in total. The second kappa shape index (κ2) is 5.27. The van der Waals surface area contributed by atoms with Crippen molar-refractivity contribution in [2.45, 2.75) is 78.3 Å². The average molecular weight is 238 g/mol. The molecule has 1 heterocycles. The molecule has 0 aromatic rings. The largest absolute Gasteiger partial charge is 0.254 e. The molecule has 0 amide bonds. The van der Waals surface area contributed by atoms with E-state index in [0.29, 0.717) is 17.5 Å². The van der Waals surface area contributed by atoms with Crippen LogP contribution in [0.3, 0.4) is 0 Å². The summed E-state index contributed by atoms with van der Waals surface area (Å²) >= 11 is 0. The van der Waals surface area contributed by atoms with E-state index in [1.807, 2.05) is 0 Å². The van der Waals surface area contributed by atoms with Crippen LogP contribution in [0.25, 0.3) is 0 Å². The lowest BCUT2D eigenvalue weighted by Gasteiger charge is -2.29. The van der Waals surface area contributed by atoms with Gasteiger partial charge in [-0.15, -0.1) is 0 Å². The first-order valence-electron chi connectivity index (χ1n) is 7.50. The lowest BCUT2D eigenvalue weighted by atomic mass is 9.85. The van der Waals surface area contributed by atoms with E-state index in [4.69, 9.17) is 0 Å². The van der Waals surface area contributed by atoms with Gasteiger partial charge < -0.3 is 0 Å². The zero-order valence-electron chi connectivity index (χ0n) is 12.1. The summed E-state index contributed by atoms with van der Waals surface area (Å²) in [6, 6.07) is 1.41. The van der Waals surface area contributed by atoms with Gasteiger partial charge in [-0.05, 0) is 55.8 Å². The normalized spacial score (nSPS) is 38.1. The van der Waals surface area contributed by atoms with Gasteiger partial charge in [0, 0.05) is 12.1 Å². The van der Waals surface area contributed by atoms with E-state index < -0.39 is 0 Å². The van der Waals surface area contributed by atoms with Crippen molar-refractivity contribution in [1.29, 1.82) is 0 Å². The summed E-state index contributed by atoms with van der Waals surface area (Å²) in [6.45, 7) is 9.36. The highest BCUT2D eigenvalue weighted by molar-refractivity contribution is 4.92. The first-order valence-corrected chi connectivity index (χ1v) is 7.50. The van der Waals surface area contributed by atoms with E-state index in [-0.39, 0.29) is 0 Å². The predicted octanol–water partition coefficient (Wildman–Crippen LogP) is 3.48. The van der Waals surface area contributed by atoms with Gasteiger partial charge in [0.2, 0.25) is 0 Å². The van der Waals surface area contributed by atoms with Crippen molar-refractivity contribution < 1.29 is 0 Å². The van der Waals surface area contributed by atoms with Crippen LogP contribution in [0.1, 0.15) is 66.2 Å². The average Bonchev–Trinajstić information content (AvgIpc) is 2.61. The monoisotopic (exact) mass is 238 g/mol. The molecule has 100 valence electrons. The standard InChI is InChI=1S/C15H30N2/c1-5-13-11-6-7-12(10-11)14(17-16-13)8-9-15(2,3)4/h11-14,16-17H,5-10H2,1-4H3/t11-,12?,13?,14?/m0/s1. The SMILES string of the molecule is CCC1NNC(CCC(C)(C)C)C2CC[C@H]1C2. The Balaban J connectivity index is 1.91. The molecule has 2 rings (SSSR count). The fourth-order valence-electron chi connectivity index (χ4n) is 3.57. The van der Waals surface area contributed by atoms with Gasteiger partial charge in [0.15, 0.2) is 0 Å². The van der Waals surface area contributed by atoms with Crippen LogP contribution in [0.15, 0.2) is 0 Å². The highest BCUT2D eigenvalue weighted by Crippen LogP contribution is 2.39. The van der Waals surface area contributed by atoms with Crippen molar-refractivity contribution in [1.82, 2.24) is 10.9 Å². The van der Waals surface area contributed by atoms with E-state index in [0.717, 1.165) is 11.8 Å². The maximum absolute atomic E-state index is 3.64. The van der Waals surface area contributed by atoms with Crippen molar-refractivity contribution >= 4 is 0 Å². The van der Waals surface area contributed by atoms with Gasteiger partial charge >= 0.3 is 0 Å². The number of fused-ring (bicyclic) bond motifs is 2. The Hall–Kier alpha value is -0.0800. The molecule has 1 saturated carbocycles. The second-order valence-electron chi connectivity index (χ2n) is 7.34. The molecular weight excluding hydrogens is 208 g/mol. The van der Waals surface area contributed by atoms with Gasteiger partial charge in [0.25, 0.3) is 0 Å². The van der Waals surface area contributed by atoms with E-state index in [9.17, 15) is 0 Å². The van der Waals surface area contributed by atoms with Crippen LogP contribution in [0, 0.1) is 17.3 Å². The van der Waals surface area contributed by atoms with Crippen molar-refractivity contribution in [3.05, 3.63) is 0 Å². The molecule has 2 heteroatoms. The fourth-order valence-corrected chi connectivity index (χ4v) is 3.57. The maximum atomic E-state index is 3.64. The van der Waals surface area contributed by atoms with Gasteiger partial charge in [0.1, 0.15) is 0 Å². The van der Waals surface area contributed by atoms with Crippen LogP contribution < -0.4 is 10.9 Å². The summed E-state index contributed by atoms with van der Waals surface area (Å²) in [4.78, 5) is 0. The van der Waals surface area contributed by atoms with Crippen LogP contribution in [0.2, 0.25) is 0 Å². The van der Waals surface area contributed by atoms with Gasteiger partial charge in [-0.25, -0.2) is 0 Å². The lowest BCUT2D eigenvalue weighted by molar-refractivity contribution is 0.251. The van der Waals surface area contributed by atoms with Crippen LogP contribution in [0.4, 0.5) is 0 Å². The van der Waals surface area contributed by atoms with E-state index in [1.54, 1.807) is 0 Å². The van der Waals surface area contributed by atoms with Crippen molar-refractivity contribution in [3.8, 4) is 0 Å². The molecule has 3 unspecified atom stereocenters. The Kier molecular flexibility index (Phi) is 4.14. The molecule has 0 aromatic carbocycles. The summed E-state index contributed by atoms with van der Waals surface area (Å²) in [6.07, 6.45) is 8.26. The highest BCUT2D eigenvalue weighted by atomic mass is 15.4. The van der Waals surface area contributed by atoms with Crippen LogP contribution in [-0.4, -0.2) is 12.1 Å². The molecule has 0 spiro atoms. The summed E-state index contributed by atoms with van der Waals surface area (Å²) in [7, 11) is 0. The molecule has 4 atom stereocenters. The molecule has 1 aliphatic carbocycles. The first-order chi connectivity index (χ1) is 7.99. The summed E-state index contributed by atoms with van der Waals surface area (Å²) in [5, 5.41) is 0. The lowest BCUT2D eigenvalue weighted by Crippen LogP contribution is -2.49. The zero-order chi connectivity index (χ0) is 12.5. The van der Waals surface area contributed by atoms with Crippen LogP contribution in [-0.2, 0) is 0 Å². The number of rotatable bonds is 3. The Morgan fingerprint density at radius 2 is 1.59 bits per heavy atom. The Labute approximate surface area is 107 Å². The first kappa shape index (κ1) is 13.4. The van der Waals surface area contributed by atoms with Crippen LogP contribution >= 0.6 is 0 Å². The van der Waals surface area contributed by atoms with Crippen molar-refractivity contribution in [2.24, 2.45) is 17.3 Å². The number of hydrogen-bond acceptors (Lipinski definition) is 2. The number of nitrogens with one attached hydrogen (secondary N) is 2. The van der Waals surface area contributed by atoms with E-state index in [2.05, 4.69) is 38.5 Å². The highest BCUT2D eigenvalue weighted by Gasteiger charge is 2.37. The Bertz CT molecular complexity index is 244. The minimum absolute atomic E-state index is 0.468. The van der Waals surface area contributed by atoms with E-state index >= 15 is 0 Å². The smallest absolute Gasteiger partial charge is 0.0241 e. The predicted molar refractivity (Wildman–Crippen MR) is 73.7 cm³/mol. The molecule has 2 fully saturated rings. The molecule has 1 saturated heterocycles. The van der Waals surface area contributed by atoms with Crippen molar-refractivity contribution in [2.75, 3.05) is 0 Å². The van der Waals surface area contributed by atoms with E-state index in [1.165, 1.54) is 38.5 Å². The summed E-state index contributed by atoms with van der Waals surface area (Å²) in [5.74, 6) is 1.85. The van der Waals surface area contributed by atoms with Crippen LogP contribution in [0.5, 0.6) is 0 Å². The third kappa shape index (κ3) is 3.45. The van der Waals surface area contributed by atoms with Crippen molar-refractivity contribution in [3.63, 3.8) is 0 Å². The Morgan fingerprint density at radius 1 is 1.00 bits per heavy atom. The summed E-state index contributed by atoms with van der Waals surface area (Å²) in [5.41, 5.74) is 7.70. The van der Waals surface area contributed by atoms with Gasteiger partial charge in [-0.2, -0.15) is 0 Å². The molecule has 2 nitrogen and oxygen atoms in total. The molecule has 0 aromatic heterocycles. The summed E-state index contributed by atoms with van der Waals surface area (Å²) < 4.78 is 0. The quantitative estimate of drug-likeness (QED) is 0.786. The van der Waals surface area contributed by atoms with Gasteiger partial charge in [-0.1, -0.05) is 27.7 Å². The molecule has 2 aliphatic rings. The topological polar surface area (TPSA) is 24.1 Å². The van der Waals surface area contributed by atoms with Gasteiger partial charge in [0.05, 0.1) is 0 Å². The molecule has 17 heavy (non-hydrogen) atoms. The third-order valence-corrected chi connectivity index (χ3v) is 4.75. The van der Waals surface area contributed by atoms with Gasteiger partial charge in [-0.3, -0.25) is 10.9 Å². The zero-order valence-corrected chi connectivity index (χ0v) is 12.1.